The van der Waals surface area contributed by atoms with E-state index in [1.54, 1.807) is 36.0 Å². The van der Waals surface area contributed by atoms with Crippen molar-refractivity contribution in [2.24, 2.45) is 7.05 Å². The molecule has 2 aromatic rings. The minimum Gasteiger partial charge on any atom is -0.493 e. The maximum absolute atomic E-state index is 12.6. The minimum absolute atomic E-state index is 0. The molecule has 2 N–H and O–H groups in total. The second-order valence-corrected chi connectivity index (χ2v) is 6.36. The summed E-state index contributed by atoms with van der Waals surface area (Å²) < 4.78 is 12.4. The second kappa shape index (κ2) is 10.1. The Labute approximate surface area is 170 Å². The van der Waals surface area contributed by atoms with Crippen molar-refractivity contribution in [2.75, 3.05) is 32.1 Å². The molecule has 8 nitrogen and oxygen atoms in total. The van der Waals surface area contributed by atoms with Crippen molar-refractivity contribution in [2.45, 2.75) is 18.8 Å². The number of amides is 1. The van der Waals surface area contributed by atoms with Crippen LogP contribution in [0.25, 0.3) is 0 Å². The summed E-state index contributed by atoms with van der Waals surface area (Å²) >= 11 is 0. The zero-order valence-electron chi connectivity index (χ0n) is 16.1. The van der Waals surface area contributed by atoms with E-state index >= 15 is 0 Å². The lowest BCUT2D eigenvalue weighted by molar-refractivity contribution is 0.102. The van der Waals surface area contributed by atoms with Crippen LogP contribution in [0, 0.1) is 0 Å². The number of rotatable bonds is 7. The summed E-state index contributed by atoms with van der Waals surface area (Å²) in [5, 5.41) is 10.6. The first-order valence-corrected chi connectivity index (χ1v) is 8.97. The first-order valence-electron chi connectivity index (χ1n) is 8.97. The SMILES string of the molecule is C=CCOc1ccc(C(=O)Nc2nc(C3CCNCC3)nn2C)cc1OC.Cl. The fourth-order valence-electron chi connectivity index (χ4n) is 3.02. The van der Waals surface area contributed by atoms with E-state index in [4.69, 9.17) is 9.47 Å². The molecule has 0 bridgehead atoms. The molecule has 0 spiro atoms. The van der Waals surface area contributed by atoms with Crippen LogP contribution in [-0.2, 0) is 7.05 Å². The van der Waals surface area contributed by atoms with Crippen LogP contribution in [0.2, 0.25) is 0 Å². The summed E-state index contributed by atoms with van der Waals surface area (Å²) in [5.74, 6) is 2.29. The number of nitrogens with zero attached hydrogens (tertiary/aromatic N) is 3. The Hall–Kier alpha value is -2.58. The van der Waals surface area contributed by atoms with Gasteiger partial charge in [-0.2, -0.15) is 10.1 Å². The quantitative estimate of drug-likeness (QED) is 0.685. The monoisotopic (exact) mass is 407 g/mol. The first kappa shape index (κ1) is 21.7. The molecule has 1 aromatic carbocycles. The van der Waals surface area contributed by atoms with Crippen LogP contribution in [0.3, 0.4) is 0 Å². The predicted molar refractivity (Wildman–Crippen MR) is 110 cm³/mol. The van der Waals surface area contributed by atoms with Gasteiger partial charge in [-0.05, 0) is 44.1 Å². The molecule has 1 fully saturated rings. The van der Waals surface area contributed by atoms with Crippen LogP contribution >= 0.6 is 12.4 Å². The van der Waals surface area contributed by atoms with E-state index in [0.717, 1.165) is 31.8 Å². The molecule has 0 unspecified atom stereocenters. The lowest BCUT2D eigenvalue weighted by Crippen LogP contribution is -2.27. The molecule has 1 amide bonds. The molecule has 1 aliphatic rings. The molecule has 1 aromatic heterocycles. The van der Waals surface area contributed by atoms with Crippen LogP contribution in [-0.4, -0.2) is 47.5 Å². The van der Waals surface area contributed by atoms with Crippen LogP contribution in [0.1, 0.15) is 34.9 Å². The van der Waals surface area contributed by atoms with E-state index in [2.05, 4.69) is 27.3 Å². The highest BCUT2D eigenvalue weighted by Gasteiger charge is 2.22. The van der Waals surface area contributed by atoms with Crippen molar-refractivity contribution in [1.29, 1.82) is 0 Å². The Balaban J connectivity index is 0.00000280. The molecule has 0 radical (unpaired) electrons. The molecule has 2 heterocycles. The van der Waals surface area contributed by atoms with Gasteiger partial charge in [0.2, 0.25) is 5.95 Å². The van der Waals surface area contributed by atoms with Gasteiger partial charge >= 0.3 is 0 Å². The summed E-state index contributed by atoms with van der Waals surface area (Å²) in [6.07, 6.45) is 3.65. The van der Waals surface area contributed by atoms with Crippen LogP contribution in [0.4, 0.5) is 5.95 Å². The van der Waals surface area contributed by atoms with Gasteiger partial charge in [-0.3, -0.25) is 10.1 Å². The molecule has 0 atom stereocenters. The lowest BCUT2D eigenvalue weighted by atomic mass is 9.98. The topological polar surface area (TPSA) is 90.3 Å². The number of aromatic nitrogens is 3. The smallest absolute Gasteiger partial charge is 0.258 e. The molecular formula is C19H26ClN5O3. The molecule has 9 heteroatoms. The van der Waals surface area contributed by atoms with E-state index in [-0.39, 0.29) is 18.3 Å². The number of piperidine rings is 1. The normalized spacial score (nSPS) is 14.1. The maximum Gasteiger partial charge on any atom is 0.258 e. The van der Waals surface area contributed by atoms with Crippen molar-refractivity contribution < 1.29 is 14.3 Å². The zero-order chi connectivity index (χ0) is 19.2. The van der Waals surface area contributed by atoms with Crippen molar-refractivity contribution in [3.63, 3.8) is 0 Å². The van der Waals surface area contributed by atoms with E-state index < -0.39 is 0 Å². The van der Waals surface area contributed by atoms with E-state index in [0.29, 0.717) is 35.5 Å². The minimum atomic E-state index is -0.282. The fraction of sp³-hybridized carbons (Fsp3) is 0.421. The third kappa shape index (κ3) is 5.02. The van der Waals surface area contributed by atoms with Crippen LogP contribution in [0.15, 0.2) is 30.9 Å². The fourth-order valence-corrected chi connectivity index (χ4v) is 3.02. The number of hydrogen-bond donors (Lipinski definition) is 2. The molecular weight excluding hydrogens is 382 g/mol. The van der Waals surface area contributed by atoms with Gasteiger partial charge in [0.1, 0.15) is 6.61 Å². The van der Waals surface area contributed by atoms with Gasteiger partial charge in [-0.1, -0.05) is 12.7 Å². The average Bonchev–Trinajstić information content (AvgIpc) is 3.07. The Morgan fingerprint density at radius 1 is 1.39 bits per heavy atom. The summed E-state index contributed by atoms with van der Waals surface area (Å²) in [5.41, 5.74) is 0.448. The number of hydrogen-bond acceptors (Lipinski definition) is 6. The Bertz CT molecular complexity index is 818. The number of carbonyl (C=O) groups excluding carboxylic acids is 1. The predicted octanol–water partition coefficient (Wildman–Crippen LogP) is 2.53. The highest BCUT2D eigenvalue weighted by molar-refractivity contribution is 6.03. The number of ether oxygens (including phenoxy) is 2. The largest absolute Gasteiger partial charge is 0.493 e. The zero-order valence-corrected chi connectivity index (χ0v) is 16.9. The third-order valence-electron chi connectivity index (χ3n) is 4.49. The number of nitrogens with one attached hydrogen (secondary N) is 2. The summed E-state index contributed by atoms with van der Waals surface area (Å²) in [4.78, 5) is 17.2. The number of benzene rings is 1. The number of anilines is 1. The molecule has 3 rings (SSSR count). The second-order valence-electron chi connectivity index (χ2n) is 6.36. The average molecular weight is 408 g/mol. The van der Waals surface area contributed by atoms with Gasteiger partial charge in [0.25, 0.3) is 5.91 Å². The Morgan fingerprint density at radius 2 is 2.14 bits per heavy atom. The molecule has 1 aliphatic heterocycles. The number of halogens is 1. The van der Waals surface area contributed by atoms with Crippen molar-refractivity contribution in [1.82, 2.24) is 20.1 Å². The lowest BCUT2D eigenvalue weighted by Gasteiger charge is -2.19. The molecule has 1 saturated heterocycles. The van der Waals surface area contributed by atoms with Gasteiger partial charge in [0.15, 0.2) is 17.3 Å². The summed E-state index contributed by atoms with van der Waals surface area (Å²) in [6.45, 7) is 5.91. The van der Waals surface area contributed by atoms with Crippen LogP contribution < -0.4 is 20.1 Å². The molecule has 28 heavy (non-hydrogen) atoms. The number of methoxy groups -OCH3 is 1. The standard InChI is InChI=1S/C19H25N5O3.ClH/c1-4-11-27-15-6-5-14(12-16(15)26-3)18(25)22-19-21-17(23-24(19)2)13-7-9-20-10-8-13;/h4-6,12-13,20H,1,7-11H2,2-3H3,(H,21,22,23,25);1H. The number of aryl methyl sites for hydroxylation is 1. The Kier molecular flexibility index (Phi) is 7.83. The van der Waals surface area contributed by atoms with Gasteiger partial charge in [-0.15, -0.1) is 12.4 Å². The first-order chi connectivity index (χ1) is 13.1. The highest BCUT2D eigenvalue weighted by atomic mass is 35.5. The van der Waals surface area contributed by atoms with E-state index in [9.17, 15) is 4.79 Å². The maximum atomic E-state index is 12.6. The van der Waals surface area contributed by atoms with E-state index in [1.807, 2.05) is 0 Å². The van der Waals surface area contributed by atoms with Crippen molar-refractivity contribution in [3.05, 3.63) is 42.2 Å². The van der Waals surface area contributed by atoms with Crippen molar-refractivity contribution >= 4 is 24.3 Å². The molecule has 0 aliphatic carbocycles. The summed E-state index contributed by atoms with van der Waals surface area (Å²) in [7, 11) is 3.31. The summed E-state index contributed by atoms with van der Waals surface area (Å²) in [6, 6.07) is 5.02. The highest BCUT2D eigenvalue weighted by Crippen LogP contribution is 2.28. The molecule has 152 valence electrons. The van der Waals surface area contributed by atoms with Crippen molar-refractivity contribution in [3.8, 4) is 11.5 Å². The van der Waals surface area contributed by atoms with Gasteiger partial charge in [-0.25, -0.2) is 4.68 Å². The van der Waals surface area contributed by atoms with Gasteiger partial charge in [0.05, 0.1) is 7.11 Å². The Morgan fingerprint density at radius 3 is 2.82 bits per heavy atom. The number of carbonyl (C=O) groups is 1. The van der Waals surface area contributed by atoms with Gasteiger partial charge < -0.3 is 14.8 Å². The molecule has 0 saturated carbocycles. The third-order valence-corrected chi connectivity index (χ3v) is 4.49. The van der Waals surface area contributed by atoms with Crippen LogP contribution in [0.5, 0.6) is 11.5 Å². The van der Waals surface area contributed by atoms with E-state index in [1.165, 1.54) is 7.11 Å². The van der Waals surface area contributed by atoms with Gasteiger partial charge in [0, 0.05) is 18.5 Å².